The van der Waals surface area contributed by atoms with Crippen LogP contribution >= 0.6 is 15.9 Å². The van der Waals surface area contributed by atoms with Crippen molar-refractivity contribution in [2.24, 2.45) is 0 Å². The summed E-state index contributed by atoms with van der Waals surface area (Å²) in [6.45, 7) is 2.85. The van der Waals surface area contributed by atoms with Crippen LogP contribution in [-0.2, 0) is 4.74 Å². The number of aromatic nitrogens is 1. The Morgan fingerprint density at radius 2 is 2.40 bits per heavy atom. The van der Waals surface area contributed by atoms with Crippen LogP contribution in [-0.4, -0.2) is 23.7 Å². The average Bonchev–Trinajstić information content (AvgIpc) is 2.18. The Bertz CT molecular complexity index is 326. The third-order valence-electron chi connectivity index (χ3n) is 2.62. The number of nitrogens with zero attached hydrogens (tertiary/aromatic N) is 1. The van der Waals surface area contributed by atoms with E-state index >= 15 is 0 Å². The van der Waals surface area contributed by atoms with Crippen LogP contribution in [0.4, 0.5) is 5.69 Å². The fraction of sp³-hybridized carbons (Fsp3) is 0.545. The molecule has 4 heteroatoms. The molecule has 0 unspecified atom stereocenters. The molecular formula is C11H15BrN2O. The first-order valence-corrected chi connectivity index (χ1v) is 6.07. The number of ether oxygens (including phenoxy) is 1. The molecule has 1 aliphatic carbocycles. The highest BCUT2D eigenvalue weighted by atomic mass is 79.9. The van der Waals surface area contributed by atoms with E-state index in [1.807, 2.05) is 19.1 Å². The number of halogens is 1. The van der Waals surface area contributed by atoms with Gasteiger partial charge >= 0.3 is 0 Å². The molecule has 1 aromatic rings. The zero-order valence-electron chi connectivity index (χ0n) is 8.74. The van der Waals surface area contributed by atoms with Crippen LogP contribution in [0.15, 0.2) is 22.9 Å². The molecular weight excluding hydrogens is 256 g/mol. The summed E-state index contributed by atoms with van der Waals surface area (Å²) in [6.07, 6.45) is 4.41. The minimum Gasteiger partial charge on any atom is -0.380 e. The Labute approximate surface area is 98.4 Å². The molecule has 2 rings (SSSR count). The number of hydrogen-bond acceptors (Lipinski definition) is 3. The lowest BCUT2D eigenvalue weighted by Gasteiger charge is -2.36. The van der Waals surface area contributed by atoms with Crippen molar-refractivity contribution in [3.05, 3.63) is 22.9 Å². The van der Waals surface area contributed by atoms with E-state index in [-0.39, 0.29) is 0 Å². The molecule has 1 N–H and O–H groups in total. The van der Waals surface area contributed by atoms with Gasteiger partial charge in [0.1, 0.15) is 4.60 Å². The Morgan fingerprint density at radius 1 is 1.60 bits per heavy atom. The van der Waals surface area contributed by atoms with Crippen molar-refractivity contribution in [1.82, 2.24) is 4.98 Å². The quantitative estimate of drug-likeness (QED) is 0.855. The summed E-state index contributed by atoms with van der Waals surface area (Å²) in [4.78, 5) is 4.17. The van der Waals surface area contributed by atoms with Crippen LogP contribution in [0.1, 0.15) is 19.8 Å². The molecule has 15 heavy (non-hydrogen) atoms. The second-order valence-corrected chi connectivity index (χ2v) is 4.48. The zero-order valence-corrected chi connectivity index (χ0v) is 10.3. The van der Waals surface area contributed by atoms with Gasteiger partial charge in [0.15, 0.2) is 0 Å². The molecule has 3 nitrogen and oxygen atoms in total. The smallest absolute Gasteiger partial charge is 0.129 e. The van der Waals surface area contributed by atoms with Gasteiger partial charge in [0.2, 0.25) is 0 Å². The van der Waals surface area contributed by atoms with E-state index in [1.54, 1.807) is 6.20 Å². The molecule has 1 aromatic heterocycles. The van der Waals surface area contributed by atoms with Gasteiger partial charge in [-0.25, -0.2) is 4.98 Å². The Kier molecular flexibility index (Phi) is 3.59. The lowest BCUT2D eigenvalue weighted by Crippen LogP contribution is -2.40. The summed E-state index contributed by atoms with van der Waals surface area (Å²) in [6, 6.07) is 4.50. The molecule has 82 valence electrons. The minimum absolute atomic E-state index is 0.447. The van der Waals surface area contributed by atoms with E-state index in [2.05, 4.69) is 26.2 Å². The third-order valence-corrected chi connectivity index (χ3v) is 3.25. The molecule has 1 aliphatic rings. The first kappa shape index (κ1) is 10.9. The largest absolute Gasteiger partial charge is 0.380 e. The molecule has 0 saturated heterocycles. The van der Waals surface area contributed by atoms with E-state index in [0.717, 1.165) is 29.7 Å². The van der Waals surface area contributed by atoms with Crippen LogP contribution < -0.4 is 5.32 Å². The van der Waals surface area contributed by atoms with E-state index in [4.69, 9.17) is 4.74 Å². The van der Waals surface area contributed by atoms with Gasteiger partial charge in [0.25, 0.3) is 0 Å². The Morgan fingerprint density at radius 3 is 3.07 bits per heavy atom. The fourth-order valence-corrected chi connectivity index (χ4v) is 2.13. The maximum atomic E-state index is 5.51. The first-order valence-electron chi connectivity index (χ1n) is 5.28. The van der Waals surface area contributed by atoms with Crippen molar-refractivity contribution >= 4 is 21.6 Å². The summed E-state index contributed by atoms with van der Waals surface area (Å²) in [5.74, 6) is 0. The molecule has 0 bridgehead atoms. The topological polar surface area (TPSA) is 34.1 Å². The first-order chi connectivity index (χ1) is 7.29. The average molecular weight is 271 g/mol. The predicted molar refractivity (Wildman–Crippen MR) is 64.0 cm³/mol. The lowest BCUT2D eigenvalue weighted by molar-refractivity contribution is 0.00297. The third kappa shape index (κ3) is 2.69. The zero-order chi connectivity index (χ0) is 10.7. The maximum absolute atomic E-state index is 5.51. The molecule has 0 aliphatic heterocycles. The molecule has 0 amide bonds. The normalized spacial score (nSPS) is 24.7. The highest BCUT2D eigenvalue weighted by molar-refractivity contribution is 9.10. The lowest BCUT2D eigenvalue weighted by atomic mass is 9.89. The SMILES string of the molecule is CCOC1CC(Nc2cccnc2Br)C1. The van der Waals surface area contributed by atoms with Crippen LogP contribution in [0.3, 0.4) is 0 Å². The van der Waals surface area contributed by atoms with Crippen molar-refractivity contribution in [2.75, 3.05) is 11.9 Å². The van der Waals surface area contributed by atoms with Crippen molar-refractivity contribution in [3.63, 3.8) is 0 Å². The van der Waals surface area contributed by atoms with Gasteiger partial charge in [-0.2, -0.15) is 0 Å². The molecule has 0 spiro atoms. The molecule has 1 fully saturated rings. The van der Waals surface area contributed by atoms with Crippen LogP contribution in [0.25, 0.3) is 0 Å². The van der Waals surface area contributed by atoms with Gasteiger partial charge in [-0.05, 0) is 47.8 Å². The maximum Gasteiger partial charge on any atom is 0.129 e. The summed E-state index contributed by atoms with van der Waals surface area (Å²) in [5, 5.41) is 3.45. The van der Waals surface area contributed by atoms with Gasteiger partial charge in [0.05, 0.1) is 11.8 Å². The Balaban J connectivity index is 1.82. The molecule has 0 aromatic carbocycles. The van der Waals surface area contributed by atoms with E-state index in [1.165, 1.54) is 0 Å². The van der Waals surface area contributed by atoms with Gasteiger partial charge in [-0.3, -0.25) is 0 Å². The van der Waals surface area contributed by atoms with E-state index in [9.17, 15) is 0 Å². The summed E-state index contributed by atoms with van der Waals surface area (Å²) in [7, 11) is 0. The second kappa shape index (κ2) is 4.94. The van der Waals surface area contributed by atoms with Crippen molar-refractivity contribution < 1.29 is 4.74 Å². The number of nitrogens with one attached hydrogen (secondary N) is 1. The predicted octanol–water partition coefficient (Wildman–Crippen LogP) is 2.82. The molecule has 0 atom stereocenters. The van der Waals surface area contributed by atoms with Crippen molar-refractivity contribution in [2.45, 2.75) is 31.9 Å². The highest BCUT2D eigenvalue weighted by Crippen LogP contribution is 2.28. The number of pyridine rings is 1. The highest BCUT2D eigenvalue weighted by Gasteiger charge is 2.29. The summed E-state index contributed by atoms with van der Waals surface area (Å²) in [5.41, 5.74) is 1.07. The molecule has 1 saturated carbocycles. The van der Waals surface area contributed by atoms with Crippen molar-refractivity contribution in [3.8, 4) is 0 Å². The summed E-state index contributed by atoms with van der Waals surface area (Å²) >= 11 is 3.42. The van der Waals surface area contributed by atoms with Gasteiger partial charge in [0, 0.05) is 18.8 Å². The number of anilines is 1. The monoisotopic (exact) mass is 270 g/mol. The second-order valence-electron chi connectivity index (χ2n) is 3.73. The molecule has 1 heterocycles. The minimum atomic E-state index is 0.447. The standard InChI is InChI=1S/C11H15BrN2O/c1-2-15-9-6-8(7-9)14-10-4-3-5-13-11(10)12/h3-5,8-9,14H,2,6-7H2,1H3. The summed E-state index contributed by atoms with van der Waals surface area (Å²) < 4.78 is 6.39. The van der Waals surface area contributed by atoms with E-state index in [0.29, 0.717) is 12.1 Å². The number of rotatable bonds is 4. The van der Waals surface area contributed by atoms with Gasteiger partial charge in [-0.1, -0.05) is 0 Å². The van der Waals surface area contributed by atoms with Crippen molar-refractivity contribution in [1.29, 1.82) is 0 Å². The molecule has 0 radical (unpaired) electrons. The van der Waals surface area contributed by atoms with Crippen LogP contribution in [0.2, 0.25) is 0 Å². The van der Waals surface area contributed by atoms with Gasteiger partial charge < -0.3 is 10.1 Å². The van der Waals surface area contributed by atoms with Crippen LogP contribution in [0.5, 0.6) is 0 Å². The van der Waals surface area contributed by atoms with Crippen LogP contribution in [0, 0.1) is 0 Å². The van der Waals surface area contributed by atoms with Gasteiger partial charge in [-0.15, -0.1) is 0 Å². The fourth-order valence-electron chi connectivity index (χ4n) is 1.77. The number of hydrogen-bond donors (Lipinski definition) is 1. The Hall–Kier alpha value is -0.610. The van der Waals surface area contributed by atoms with E-state index < -0.39 is 0 Å².